The Balaban J connectivity index is 1.18. The number of carbonyl (C=O) groups excluding carboxylic acids is 1. The number of halogens is 1. The number of aliphatic hydroxyl groups is 2. The van der Waals surface area contributed by atoms with Gasteiger partial charge in [-0.2, -0.15) is 9.97 Å². The third kappa shape index (κ3) is 3.93. The van der Waals surface area contributed by atoms with Crippen molar-refractivity contribution in [3.8, 4) is 12.3 Å². The van der Waals surface area contributed by atoms with E-state index in [0.717, 1.165) is 24.2 Å². The van der Waals surface area contributed by atoms with Gasteiger partial charge in [0, 0.05) is 19.0 Å². The van der Waals surface area contributed by atoms with Crippen LogP contribution in [0.2, 0.25) is 5.28 Å². The summed E-state index contributed by atoms with van der Waals surface area (Å²) in [4.78, 5) is 21.6. The highest BCUT2D eigenvalue weighted by molar-refractivity contribution is 6.28. The first-order valence-corrected chi connectivity index (χ1v) is 13.0. The van der Waals surface area contributed by atoms with E-state index in [1.165, 1.54) is 38.5 Å². The molecule has 186 valence electrons. The Labute approximate surface area is 209 Å². The summed E-state index contributed by atoms with van der Waals surface area (Å²) in [7, 11) is 0. The van der Waals surface area contributed by atoms with Crippen LogP contribution in [0.15, 0.2) is 12.3 Å². The summed E-state index contributed by atoms with van der Waals surface area (Å²) in [5.74, 6) is 5.25. The Morgan fingerprint density at radius 2 is 1.91 bits per heavy atom. The monoisotopic (exact) mass is 498 g/mol. The van der Waals surface area contributed by atoms with E-state index in [2.05, 4.69) is 21.2 Å². The number of terminal acetylenes is 1. The molecule has 0 spiro atoms. The molecule has 1 aliphatic heterocycles. The smallest absolute Gasteiger partial charge is 0.226 e. The van der Waals surface area contributed by atoms with E-state index in [-0.39, 0.29) is 17.6 Å². The Morgan fingerprint density at radius 3 is 2.51 bits per heavy atom. The molecule has 2 aromatic heterocycles. The first-order valence-electron chi connectivity index (χ1n) is 12.6. The largest absolute Gasteiger partial charge is 0.392 e. The first-order chi connectivity index (χ1) is 16.8. The Morgan fingerprint density at radius 1 is 1.23 bits per heavy atom. The van der Waals surface area contributed by atoms with E-state index < -0.39 is 24.5 Å². The van der Waals surface area contributed by atoms with Gasteiger partial charge in [-0.25, -0.2) is 0 Å². The summed E-state index contributed by atoms with van der Waals surface area (Å²) in [5, 5.41) is 23.7. The zero-order valence-corrected chi connectivity index (χ0v) is 20.4. The molecule has 3 heterocycles. The van der Waals surface area contributed by atoms with E-state index in [9.17, 15) is 15.0 Å². The van der Waals surface area contributed by atoms with E-state index in [0.29, 0.717) is 28.7 Å². The van der Waals surface area contributed by atoms with Gasteiger partial charge in [0.1, 0.15) is 23.8 Å². The predicted molar refractivity (Wildman–Crippen MR) is 130 cm³/mol. The second kappa shape index (κ2) is 8.45. The van der Waals surface area contributed by atoms with E-state index in [4.69, 9.17) is 22.8 Å². The summed E-state index contributed by atoms with van der Waals surface area (Å²) in [5.41, 5.74) is -0.665. The summed E-state index contributed by atoms with van der Waals surface area (Å²) in [6.07, 6.45) is 15.2. The van der Waals surface area contributed by atoms with Crippen LogP contribution in [0.4, 0.5) is 5.82 Å². The molecule has 7 rings (SSSR count). The number of hydrogen-bond acceptors (Lipinski definition) is 6. The number of hydrogen-bond donors (Lipinski definition) is 3. The van der Waals surface area contributed by atoms with Crippen LogP contribution in [-0.4, -0.2) is 49.0 Å². The quantitative estimate of drug-likeness (QED) is 0.414. The maximum Gasteiger partial charge on any atom is 0.226 e. The van der Waals surface area contributed by atoms with E-state index in [1.54, 1.807) is 16.8 Å². The molecule has 4 bridgehead atoms. The van der Waals surface area contributed by atoms with Gasteiger partial charge in [0.05, 0.1) is 12.0 Å². The Hall–Kier alpha value is -2.18. The lowest BCUT2D eigenvalue weighted by Gasteiger charge is -2.57. The molecule has 8 nitrogen and oxygen atoms in total. The summed E-state index contributed by atoms with van der Waals surface area (Å²) in [6.45, 7) is -0.499. The molecule has 0 radical (unpaired) electrons. The number of nitrogens with zero attached hydrogens (tertiary/aromatic N) is 3. The molecular weight excluding hydrogens is 468 g/mol. The van der Waals surface area contributed by atoms with Crippen molar-refractivity contribution in [2.24, 2.45) is 23.2 Å². The van der Waals surface area contributed by atoms with Crippen LogP contribution in [-0.2, 0) is 9.53 Å². The summed E-state index contributed by atoms with van der Waals surface area (Å²) in [6, 6.07) is 1.78. The molecule has 35 heavy (non-hydrogen) atoms. The Kier molecular flexibility index (Phi) is 5.61. The second-order valence-corrected chi connectivity index (χ2v) is 11.6. The van der Waals surface area contributed by atoms with Gasteiger partial charge in [0.2, 0.25) is 11.2 Å². The van der Waals surface area contributed by atoms with Crippen molar-refractivity contribution in [2.45, 2.75) is 75.7 Å². The van der Waals surface area contributed by atoms with Crippen molar-refractivity contribution in [3.05, 3.63) is 17.5 Å². The van der Waals surface area contributed by atoms with Crippen molar-refractivity contribution in [1.82, 2.24) is 14.5 Å². The number of carbonyl (C=O) groups is 1. The summed E-state index contributed by atoms with van der Waals surface area (Å²) < 4.78 is 7.56. The lowest BCUT2D eigenvalue weighted by Crippen LogP contribution is -2.46. The highest BCUT2D eigenvalue weighted by atomic mass is 35.5. The minimum Gasteiger partial charge on any atom is -0.392 e. The van der Waals surface area contributed by atoms with Gasteiger partial charge in [-0.05, 0) is 85.8 Å². The van der Waals surface area contributed by atoms with Gasteiger partial charge in [0.25, 0.3) is 0 Å². The van der Waals surface area contributed by atoms with Gasteiger partial charge in [0.15, 0.2) is 5.60 Å². The topological polar surface area (TPSA) is 110 Å². The maximum atomic E-state index is 13.0. The molecule has 5 aliphatic rings. The number of aliphatic hydroxyl groups excluding tert-OH is 2. The second-order valence-electron chi connectivity index (χ2n) is 11.3. The van der Waals surface area contributed by atoms with Crippen LogP contribution < -0.4 is 5.32 Å². The van der Waals surface area contributed by atoms with Crippen LogP contribution in [0.1, 0.15) is 64.0 Å². The molecule has 0 aromatic carbocycles. The number of amides is 1. The molecule has 1 amide bonds. The van der Waals surface area contributed by atoms with Crippen LogP contribution in [0.5, 0.6) is 0 Å². The third-order valence-electron chi connectivity index (χ3n) is 8.95. The third-order valence-corrected chi connectivity index (χ3v) is 9.12. The van der Waals surface area contributed by atoms with Crippen molar-refractivity contribution in [2.75, 3.05) is 11.9 Å². The number of fused-ring (bicyclic) bond motifs is 1. The number of anilines is 1. The standard InChI is InChI=1S/C26H31ClN4O4/c1-2-26(14-32)19(33)10-21(35-26)31-6-4-18-22(29-24(27)30-23(18)31)28-20(34)3-5-25-11-15-7-16(12-25)9-17(8-15)13-25/h1,4,6,15-17,19,21,32-33H,3,5,7-14H2,(H,28,29,30,34)/t15?,16?,17?,19-,21+,25?,26+/m0/s1. The fourth-order valence-electron chi connectivity index (χ4n) is 7.74. The van der Waals surface area contributed by atoms with Gasteiger partial charge >= 0.3 is 0 Å². The van der Waals surface area contributed by atoms with Crippen LogP contribution in [0.3, 0.4) is 0 Å². The predicted octanol–water partition coefficient (Wildman–Crippen LogP) is 3.66. The van der Waals surface area contributed by atoms with Gasteiger partial charge in [-0.1, -0.05) is 5.92 Å². The fourth-order valence-corrected chi connectivity index (χ4v) is 7.91. The number of nitrogens with one attached hydrogen (secondary N) is 1. The van der Waals surface area contributed by atoms with Crippen molar-refractivity contribution in [1.29, 1.82) is 0 Å². The SMILES string of the molecule is C#C[C@]1(CO)O[C@@H](n2ccc3c(NC(=O)CCC45CC6CC(CC(C6)C4)C5)nc(Cl)nc32)C[C@@H]1O. The maximum absolute atomic E-state index is 13.0. The molecule has 2 aromatic rings. The first kappa shape index (κ1) is 23.2. The number of ether oxygens (including phenoxy) is 1. The Bertz CT molecular complexity index is 1170. The molecule has 4 aliphatic carbocycles. The number of aromatic nitrogens is 3. The van der Waals surface area contributed by atoms with E-state index in [1.807, 2.05) is 0 Å². The van der Waals surface area contributed by atoms with Crippen LogP contribution in [0.25, 0.3) is 11.0 Å². The van der Waals surface area contributed by atoms with Crippen LogP contribution >= 0.6 is 11.6 Å². The average molecular weight is 499 g/mol. The average Bonchev–Trinajstić information content (AvgIpc) is 3.38. The molecule has 9 heteroatoms. The lowest BCUT2D eigenvalue weighted by atomic mass is 9.48. The fraction of sp³-hybridized carbons (Fsp3) is 0.654. The van der Waals surface area contributed by atoms with Gasteiger partial charge in [-0.15, -0.1) is 6.42 Å². The molecule has 0 unspecified atom stereocenters. The van der Waals surface area contributed by atoms with Crippen molar-refractivity contribution >= 4 is 34.4 Å². The summed E-state index contributed by atoms with van der Waals surface area (Å²) >= 11 is 6.22. The zero-order valence-electron chi connectivity index (χ0n) is 19.6. The van der Waals surface area contributed by atoms with Gasteiger partial charge < -0.3 is 24.8 Å². The normalized spacial score (nSPS) is 37.6. The van der Waals surface area contributed by atoms with Crippen molar-refractivity contribution in [3.63, 3.8) is 0 Å². The highest BCUT2D eigenvalue weighted by Crippen LogP contribution is 2.61. The molecule has 3 N–H and O–H groups in total. The molecule has 4 saturated carbocycles. The minimum atomic E-state index is -1.47. The van der Waals surface area contributed by atoms with Crippen LogP contribution in [0, 0.1) is 35.5 Å². The lowest BCUT2D eigenvalue weighted by molar-refractivity contribution is -0.118. The van der Waals surface area contributed by atoms with E-state index >= 15 is 0 Å². The van der Waals surface area contributed by atoms with Gasteiger partial charge in [-0.3, -0.25) is 4.79 Å². The van der Waals surface area contributed by atoms with Crippen molar-refractivity contribution < 1.29 is 19.7 Å². The number of rotatable bonds is 6. The molecular formula is C26H31ClN4O4. The zero-order chi connectivity index (χ0) is 24.4. The highest BCUT2D eigenvalue weighted by Gasteiger charge is 2.50. The molecule has 3 atom stereocenters. The minimum absolute atomic E-state index is 0.00208. The molecule has 1 saturated heterocycles. The molecule has 5 fully saturated rings.